The van der Waals surface area contributed by atoms with Crippen LogP contribution in [0.3, 0.4) is 0 Å². The zero-order chi connectivity index (χ0) is 19.2. The Bertz CT molecular complexity index is 772. The molecule has 0 heterocycles. The fourth-order valence-electron chi connectivity index (χ4n) is 2.56. The first-order valence-corrected chi connectivity index (χ1v) is 8.68. The van der Waals surface area contributed by atoms with Gasteiger partial charge in [0.2, 0.25) is 11.8 Å². The van der Waals surface area contributed by atoms with Crippen molar-refractivity contribution in [1.82, 2.24) is 5.32 Å². The molecule has 0 aliphatic rings. The molecule has 0 radical (unpaired) electrons. The van der Waals surface area contributed by atoms with Gasteiger partial charge in [-0.2, -0.15) is 0 Å². The fourth-order valence-corrected chi connectivity index (χ4v) is 2.56. The number of amides is 2. The summed E-state index contributed by atoms with van der Waals surface area (Å²) >= 11 is 0. The first kappa shape index (κ1) is 19.4. The van der Waals surface area contributed by atoms with Gasteiger partial charge in [-0.25, -0.2) is 0 Å². The number of primary amides is 1. The van der Waals surface area contributed by atoms with E-state index < -0.39 is 11.9 Å². The summed E-state index contributed by atoms with van der Waals surface area (Å²) in [7, 11) is 0. The molecule has 0 fully saturated rings. The number of hydrogen-bond donors (Lipinski definition) is 2. The van der Waals surface area contributed by atoms with E-state index in [9.17, 15) is 9.59 Å². The molecular formula is C22H26N2O2. The predicted molar refractivity (Wildman–Crippen MR) is 105 cm³/mol. The lowest BCUT2D eigenvalue weighted by Crippen LogP contribution is -2.45. The zero-order valence-corrected chi connectivity index (χ0v) is 15.5. The summed E-state index contributed by atoms with van der Waals surface area (Å²) in [4.78, 5) is 23.8. The predicted octanol–water partition coefficient (Wildman–Crippen LogP) is 3.21. The Morgan fingerprint density at radius 1 is 1.04 bits per heavy atom. The van der Waals surface area contributed by atoms with Crippen molar-refractivity contribution in [2.45, 2.75) is 38.6 Å². The first-order valence-electron chi connectivity index (χ1n) is 8.68. The van der Waals surface area contributed by atoms with Gasteiger partial charge in [0.05, 0.1) is 0 Å². The molecule has 26 heavy (non-hydrogen) atoms. The standard InChI is InChI=1S/C22H26N2O2/c1-22(2,3)18-12-9-16(10-13-18)11-14-20(25)24-19(21(23)26)15-17-7-5-4-6-8-17/h4-14,19H,15H2,1-3H3,(H2,23,26)(H,24,25)/b14-11+. The van der Waals surface area contributed by atoms with E-state index in [1.54, 1.807) is 6.08 Å². The van der Waals surface area contributed by atoms with E-state index in [1.807, 2.05) is 42.5 Å². The van der Waals surface area contributed by atoms with Crippen LogP contribution < -0.4 is 11.1 Å². The molecule has 2 aromatic carbocycles. The van der Waals surface area contributed by atoms with Gasteiger partial charge in [-0.05, 0) is 28.2 Å². The highest BCUT2D eigenvalue weighted by atomic mass is 16.2. The van der Waals surface area contributed by atoms with Crippen molar-refractivity contribution < 1.29 is 9.59 Å². The second kappa shape index (κ2) is 8.48. The second-order valence-corrected chi connectivity index (χ2v) is 7.36. The van der Waals surface area contributed by atoms with Gasteiger partial charge in [-0.1, -0.05) is 75.4 Å². The Morgan fingerprint density at radius 3 is 2.19 bits per heavy atom. The second-order valence-electron chi connectivity index (χ2n) is 7.36. The highest BCUT2D eigenvalue weighted by Crippen LogP contribution is 2.22. The summed E-state index contributed by atoms with van der Waals surface area (Å²) in [5.41, 5.74) is 8.61. The average Bonchev–Trinajstić information content (AvgIpc) is 2.60. The molecule has 3 N–H and O–H groups in total. The third-order valence-electron chi connectivity index (χ3n) is 4.15. The number of carbonyl (C=O) groups excluding carboxylic acids is 2. The van der Waals surface area contributed by atoms with Gasteiger partial charge in [0, 0.05) is 12.5 Å². The smallest absolute Gasteiger partial charge is 0.244 e. The third-order valence-corrected chi connectivity index (χ3v) is 4.15. The lowest BCUT2D eigenvalue weighted by molar-refractivity contribution is -0.124. The van der Waals surface area contributed by atoms with Crippen LogP contribution in [0.5, 0.6) is 0 Å². The SMILES string of the molecule is CC(C)(C)c1ccc(/C=C/C(=O)NC(Cc2ccccc2)C(N)=O)cc1. The minimum atomic E-state index is -0.738. The summed E-state index contributed by atoms with van der Waals surface area (Å²) in [5.74, 6) is -0.894. The van der Waals surface area contributed by atoms with E-state index in [1.165, 1.54) is 11.6 Å². The summed E-state index contributed by atoms with van der Waals surface area (Å²) in [6.45, 7) is 6.46. The van der Waals surface area contributed by atoms with Crippen molar-refractivity contribution in [3.8, 4) is 0 Å². The maximum atomic E-state index is 12.1. The maximum absolute atomic E-state index is 12.1. The highest BCUT2D eigenvalue weighted by molar-refractivity contribution is 5.95. The molecule has 1 unspecified atom stereocenters. The number of rotatable bonds is 6. The van der Waals surface area contributed by atoms with Gasteiger partial charge in [0.1, 0.15) is 6.04 Å². The minimum absolute atomic E-state index is 0.0891. The molecular weight excluding hydrogens is 324 g/mol. The molecule has 0 aromatic heterocycles. The summed E-state index contributed by atoms with van der Waals surface area (Å²) in [6, 6.07) is 16.8. The molecule has 2 amide bonds. The molecule has 0 saturated heterocycles. The Hall–Kier alpha value is -2.88. The van der Waals surface area contributed by atoms with E-state index in [0.29, 0.717) is 6.42 Å². The van der Waals surface area contributed by atoms with E-state index in [-0.39, 0.29) is 11.3 Å². The molecule has 1 atom stereocenters. The lowest BCUT2D eigenvalue weighted by atomic mass is 9.87. The Kier molecular flexibility index (Phi) is 6.34. The van der Waals surface area contributed by atoms with E-state index >= 15 is 0 Å². The van der Waals surface area contributed by atoms with Crippen LogP contribution >= 0.6 is 0 Å². The van der Waals surface area contributed by atoms with E-state index in [2.05, 4.69) is 38.2 Å². The molecule has 0 bridgehead atoms. The third kappa shape index (κ3) is 5.88. The van der Waals surface area contributed by atoms with Gasteiger partial charge < -0.3 is 11.1 Å². The molecule has 0 aliphatic carbocycles. The van der Waals surface area contributed by atoms with E-state index in [0.717, 1.165) is 11.1 Å². The Morgan fingerprint density at radius 2 is 1.65 bits per heavy atom. The number of benzene rings is 2. The molecule has 2 rings (SSSR count). The van der Waals surface area contributed by atoms with Crippen LogP contribution in [-0.4, -0.2) is 17.9 Å². The van der Waals surface area contributed by atoms with Crippen molar-refractivity contribution in [3.63, 3.8) is 0 Å². The van der Waals surface area contributed by atoms with Gasteiger partial charge in [0.15, 0.2) is 0 Å². The summed E-state index contributed by atoms with van der Waals surface area (Å²) in [5, 5.41) is 2.67. The molecule has 0 spiro atoms. The van der Waals surface area contributed by atoms with E-state index in [4.69, 9.17) is 5.73 Å². The van der Waals surface area contributed by atoms with Crippen molar-refractivity contribution in [2.24, 2.45) is 5.73 Å². The minimum Gasteiger partial charge on any atom is -0.368 e. The van der Waals surface area contributed by atoms with Crippen molar-refractivity contribution in [1.29, 1.82) is 0 Å². The largest absolute Gasteiger partial charge is 0.368 e. The van der Waals surface area contributed by atoms with Crippen molar-refractivity contribution >= 4 is 17.9 Å². The van der Waals surface area contributed by atoms with Crippen LogP contribution in [0.2, 0.25) is 0 Å². The number of nitrogens with two attached hydrogens (primary N) is 1. The monoisotopic (exact) mass is 350 g/mol. The van der Waals surface area contributed by atoms with Crippen LogP contribution in [0.15, 0.2) is 60.7 Å². The van der Waals surface area contributed by atoms with Crippen LogP contribution in [0, 0.1) is 0 Å². The quantitative estimate of drug-likeness (QED) is 0.785. The molecule has 136 valence electrons. The summed E-state index contributed by atoms with van der Waals surface area (Å²) < 4.78 is 0. The maximum Gasteiger partial charge on any atom is 0.244 e. The Balaban J connectivity index is 1.99. The number of carbonyl (C=O) groups is 2. The fraction of sp³-hybridized carbons (Fsp3) is 0.273. The first-order chi connectivity index (χ1) is 12.3. The molecule has 0 saturated carbocycles. The number of nitrogens with one attached hydrogen (secondary N) is 1. The molecule has 4 heteroatoms. The molecule has 0 aliphatic heterocycles. The average molecular weight is 350 g/mol. The van der Waals surface area contributed by atoms with Gasteiger partial charge >= 0.3 is 0 Å². The Labute approximate surface area is 155 Å². The van der Waals surface area contributed by atoms with Crippen LogP contribution in [0.1, 0.15) is 37.5 Å². The van der Waals surface area contributed by atoms with Crippen LogP contribution in [0.4, 0.5) is 0 Å². The summed E-state index contributed by atoms with van der Waals surface area (Å²) in [6.07, 6.45) is 3.52. The lowest BCUT2D eigenvalue weighted by Gasteiger charge is -2.18. The van der Waals surface area contributed by atoms with Crippen molar-refractivity contribution in [2.75, 3.05) is 0 Å². The van der Waals surface area contributed by atoms with Crippen LogP contribution in [-0.2, 0) is 21.4 Å². The van der Waals surface area contributed by atoms with Gasteiger partial charge in [-0.15, -0.1) is 0 Å². The van der Waals surface area contributed by atoms with Crippen LogP contribution in [0.25, 0.3) is 6.08 Å². The van der Waals surface area contributed by atoms with Crippen molar-refractivity contribution in [3.05, 3.63) is 77.4 Å². The molecule has 4 nitrogen and oxygen atoms in total. The zero-order valence-electron chi connectivity index (χ0n) is 15.5. The number of hydrogen-bond acceptors (Lipinski definition) is 2. The van der Waals surface area contributed by atoms with Gasteiger partial charge in [-0.3, -0.25) is 9.59 Å². The molecule has 2 aromatic rings. The highest BCUT2D eigenvalue weighted by Gasteiger charge is 2.17. The normalized spacial score (nSPS) is 12.7. The van der Waals surface area contributed by atoms with Gasteiger partial charge in [0.25, 0.3) is 0 Å². The topological polar surface area (TPSA) is 72.2 Å².